The smallest absolute Gasteiger partial charge is 0.191 e. The van der Waals surface area contributed by atoms with Crippen LogP contribution in [0, 0.1) is 23.3 Å². The van der Waals surface area contributed by atoms with E-state index in [0.717, 1.165) is 5.13 Å². The molecule has 1 fully saturated rings. The fraction of sp³-hybridized carbons (Fsp3) is 0.333. The zero-order chi connectivity index (χ0) is 18.0. The van der Waals surface area contributed by atoms with Crippen molar-refractivity contribution in [3.63, 3.8) is 0 Å². The molecular formula is C15H15F4N5S. The number of aromatic nitrogens is 1. The van der Waals surface area contributed by atoms with Crippen molar-refractivity contribution in [3.8, 4) is 0 Å². The van der Waals surface area contributed by atoms with Crippen LogP contribution in [-0.2, 0) is 6.54 Å². The molecule has 1 saturated heterocycles. The van der Waals surface area contributed by atoms with Crippen molar-refractivity contribution >= 4 is 22.4 Å². The number of guanidine groups is 1. The number of nitrogens with zero attached hydrogens (tertiary/aromatic N) is 4. The Morgan fingerprint density at radius 3 is 2.32 bits per heavy atom. The van der Waals surface area contributed by atoms with E-state index < -0.39 is 35.4 Å². The summed E-state index contributed by atoms with van der Waals surface area (Å²) >= 11 is 1.53. The summed E-state index contributed by atoms with van der Waals surface area (Å²) in [4.78, 5) is 12.0. The summed E-state index contributed by atoms with van der Waals surface area (Å²) in [6.45, 7) is 1.86. The van der Waals surface area contributed by atoms with Crippen molar-refractivity contribution in [1.82, 2.24) is 9.88 Å². The van der Waals surface area contributed by atoms with E-state index in [9.17, 15) is 17.6 Å². The van der Waals surface area contributed by atoms with Crippen molar-refractivity contribution in [1.29, 1.82) is 0 Å². The van der Waals surface area contributed by atoms with Crippen molar-refractivity contribution in [2.24, 2.45) is 10.7 Å². The fourth-order valence-electron chi connectivity index (χ4n) is 2.52. The summed E-state index contributed by atoms with van der Waals surface area (Å²) in [6, 6.07) is 0.166. The minimum absolute atomic E-state index is 0.0715. The van der Waals surface area contributed by atoms with Crippen molar-refractivity contribution in [2.75, 3.05) is 31.1 Å². The molecule has 2 heterocycles. The first kappa shape index (κ1) is 17.5. The molecule has 1 aromatic heterocycles. The molecule has 0 radical (unpaired) electrons. The Balaban J connectivity index is 1.65. The van der Waals surface area contributed by atoms with E-state index in [1.807, 2.05) is 5.38 Å². The maximum atomic E-state index is 13.6. The Hall–Kier alpha value is -2.36. The van der Waals surface area contributed by atoms with E-state index in [-0.39, 0.29) is 12.0 Å². The first-order chi connectivity index (χ1) is 12.0. The summed E-state index contributed by atoms with van der Waals surface area (Å²) in [7, 11) is 0. The normalized spacial score (nSPS) is 15.8. The van der Waals surface area contributed by atoms with E-state index >= 15 is 0 Å². The largest absolute Gasteiger partial charge is 0.370 e. The van der Waals surface area contributed by atoms with Gasteiger partial charge in [0.1, 0.15) is 0 Å². The maximum Gasteiger partial charge on any atom is 0.191 e. The number of rotatable bonds is 3. The second-order valence-electron chi connectivity index (χ2n) is 5.41. The van der Waals surface area contributed by atoms with Crippen LogP contribution in [0.25, 0.3) is 0 Å². The molecule has 0 spiro atoms. The zero-order valence-corrected chi connectivity index (χ0v) is 13.9. The third kappa shape index (κ3) is 3.68. The number of anilines is 1. The average Bonchev–Trinajstić information content (AvgIpc) is 3.14. The summed E-state index contributed by atoms with van der Waals surface area (Å²) in [5, 5.41) is 2.80. The van der Waals surface area contributed by atoms with Gasteiger partial charge in [0.2, 0.25) is 0 Å². The Kier molecular flexibility index (Phi) is 5.07. The van der Waals surface area contributed by atoms with Gasteiger partial charge in [-0.15, -0.1) is 11.3 Å². The lowest BCUT2D eigenvalue weighted by atomic mass is 10.2. The number of nitrogens with two attached hydrogens (primary N) is 1. The van der Waals surface area contributed by atoms with Gasteiger partial charge in [-0.2, -0.15) is 0 Å². The van der Waals surface area contributed by atoms with Gasteiger partial charge in [-0.25, -0.2) is 27.5 Å². The summed E-state index contributed by atoms with van der Waals surface area (Å²) in [6.07, 6.45) is 1.73. The van der Waals surface area contributed by atoms with Crippen LogP contribution in [0.15, 0.2) is 22.6 Å². The molecule has 0 aliphatic carbocycles. The highest BCUT2D eigenvalue weighted by atomic mass is 32.1. The number of benzene rings is 1. The molecule has 0 saturated carbocycles. The number of piperazine rings is 1. The maximum absolute atomic E-state index is 13.6. The first-order valence-corrected chi connectivity index (χ1v) is 8.36. The number of hydrogen-bond acceptors (Lipinski definition) is 4. The lowest BCUT2D eigenvalue weighted by Gasteiger charge is -2.35. The monoisotopic (exact) mass is 373 g/mol. The zero-order valence-electron chi connectivity index (χ0n) is 13.1. The van der Waals surface area contributed by atoms with Crippen molar-refractivity contribution in [2.45, 2.75) is 6.54 Å². The molecule has 1 aliphatic heterocycles. The number of thiazole rings is 1. The van der Waals surface area contributed by atoms with Gasteiger partial charge in [-0.3, -0.25) is 0 Å². The predicted octanol–water partition coefficient (Wildman–Crippen LogP) is 2.34. The minimum Gasteiger partial charge on any atom is -0.370 e. The molecule has 2 aromatic rings. The minimum atomic E-state index is -1.46. The molecule has 5 nitrogen and oxygen atoms in total. The number of aliphatic imine (C=N–C) groups is 1. The molecule has 1 aliphatic rings. The highest BCUT2D eigenvalue weighted by Gasteiger charge is 2.21. The van der Waals surface area contributed by atoms with Crippen LogP contribution in [0.3, 0.4) is 0 Å². The van der Waals surface area contributed by atoms with Crippen LogP contribution in [-0.4, -0.2) is 42.0 Å². The van der Waals surface area contributed by atoms with Gasteiger partial charge in [-0.05, 0) is 0 Å². The highest BCUT2D eigenvalue weighted by molar-refractivity contribution is 7.13. The summed E-state index contributed by atoms with van der Waals surface area (Å²) < 4.78 is 53.6. The van der Waals surface area contributed by atoms with Crippen LogP contribution >= 0.6 is 11.3 Å². The van der Waals surface area contributed by atoms with Crippen LogP contribution in [0.1, 0.15) is 5.56 Å². The Labute approximate surface area is 145 Å². The molecule has 0 amide bonds. The third-order valence-corrected chi connectivity index (χ3v) is 4.73. The SMILES string of the molecule is NC(=NCc1c(F)c(F)cc(F)c1F)N1CCN(c2nccs2)CC1. The van der Waals surface area contributed by atoms with Gasteiger partial charge in [0, 0.05) is 43.8 Å². The first-order valence-electron chi connectivity index (χ1n) is 7.48. The van der Waals surface area contributed by atoms with E-state index in [0.29, 0.717) is 26.2 Å². The molecular weight excluding hydrogens is 358 g/mol. The Bertz CT molecular complexity index is 746. The van der Waals surface area contributed by atoms with Gasteiger partial charge in [0.05, 0.1) is 12.1 Å². The molecule has 134 valence electrons. The van der Waals surface area contributed by atoms with Gasteiger partial charge >= 0.3 is 0 Å². The second-order valence-corrected chi connectivity index (χ2v) is 6.28. The predicted molar refractivity (Wildman–Crippen MR) is 87.5 cm³/mol. The Morgan fingerprint density at radius 2 is 1.76 bits per heavy atom. The molecule has 25 heavy (non-hydrogen) atoms. The van der Waals surface area contributed by atoms with Gasteiger partial charge < -0.3 is 15.5 Å². The number of halogens is 4. The average molecular weight is 373 g/mol. The lowest BCUT2D eigenvalue weighted by molar-refractivity contribution is 0.380. The van der Waals surface area contributed by atoms with Crippen LogP contribution in [0.2, 0.25) is 0 Å². The van der Waals surface area contributed by atoms with Gasteiger partial charge in [-0.1, -0.05) is 0 Å². The van der Waals surface area contributed by atoms with Crippen molar-refractivity contribution < 1.29 is 17.6 Å². The summed E-state index contributed by atoms with van der Waals surface area (Å²) in [5.74, 6) is -5.75. The summed E-state index contributed by atoms with van der Waals surface area (Å²) in [5.41, 5.74) is 5.07. The van der Waals surface area contributed by atoms with Gasteiger partial charge in [0.25, 0.3) is 0 Å². The van der Waals surface area contributed by atoms with Gasteiger partial charge in [0.15, 0.2) is 34.4 Å². The fourth-order valence-corrected chi connectivity index (χ4v) is 3.22. The molecule has 0 unspecified atom stereocenters. The Morgan fingerprint density at radius 1 is 1.12 bits per heavy atom. The van der Waals surface area contributed by atoms with Crippen LogP contribution in [0.5, 0.6) is 0 Å². The van der Waals surface area contributed by atoms with Crippen LogP contribution < -0.4 is 10.6 Å². The van der Waals surface area contributed by atoms with Crippen LogP contribution in [0.4, 0.5) is 22.7 Å². The van der Waals surface area contributed by atoms with E-state index in [1.165, 1.54) is 11.3 Å². The van der Waals surface area contributed by atoms with E-state index in [4.69, 9.17) is 5.73 Å². The molecule has 3 rings (SSSR count). The third-order valence-electron chi connectivity index (χ3n) is 3.90. The van der Waals surface area contributed by atoms with Crippen molar-refractivity contribution in [3.05, 3.63) is 46.5 Å². The molecule has 2 N–H and O–H groups in total. The second kappa shape index (κ2) is 7.26. The van der Waals surface area contributed by atoms with E-state index in [1.54, 1.807) is 11.1 Å². The molecule has 0 bridgehead atoms. The molecule has 1 aromatic carbocycles. The highest BCUT2D eigenvalue weighted by Crippen LogP contribution is 2.21. The van der Waals surface area contributed by atoms with E-state index in [2.05, 4.69) is 14.9 Å². The standard InChI is InChI=1S/C15H15F4N5S/c16-10-7-11(17)13(19)9(12(10)18)8-22-14(20)23-2-4-24(5-3-23)15-21-1-6-25-15/h1,6-7H,2-5,8H2,(H2,20,22). The quantitative estimate of drug-likeness (QED) is 0.388. The topological polar surface area (TPSA) is 57.8 Å². The molecule has 10 heteroatoms. The molecule has 0 atom stereocenters. The number of hydrogen-bond donors (Lipinski definition) is 1. The lowest BCUT2D eigenvalue weighted by Crippen LogP contribution is -2.51.